The van der Waals surface area contributed by atoms with E-state index in [9.17, 15) is 0 Å². The summed E-state index contributed by atoms with van der Waals surface area (Å²) in [7, 11) is 6.80. The molecular weight excluding hydrogens is 222 g/mol. The number of likely N-dealkylation sites (N-methyl/N-ethyl adjacent to an activating group) is 2. The van der Waals surface area contributed by atoms with Crippen LogP contribution in [0.25, 0.3) is 0 Å². The summed E-state index contributed by atoms with van der Waals surface area (Å²) >= 11 is 0. The topological polar surface area (TPSA) is 18.5 Å². The zero-order valence-corrected chi connectivity index (χ0v) is 12.7. The van der Waals surface area contributed by atoms with Crippen molar-refractivity contribution in [3.05, 3.63) is 0 Å². The Morgan fingerprint density at radius 1 is 1.22 bits per heavy atom. The summed E-state index contributed by atoms with van der Waals surface area (Å²) in [5.41, 5.74) is 0.460. The van der Waals surface area contributed by atoms with Crippen molar-refractivity contribution in [3.63, 3.8) is 0 Å². The van der Waals surface area contributed by atoms with Gasteiger partial charge in [-0.05, 0) is 59.7 Å². The average molecular weight is 253 g/mol. The standard InChI is InChI=1S/C15H31N3/c1-5-14(11-16-13-7-8-13)18(4)12-15(17(2)3)9-6-10-15/h13-14,16H,5-12H2,1-4H3. The Bertz CT molecular complexity index is 256. The van der Waals surface area contributed by atoms with Crippen molar-refractivity contribution in [1.29, 1.82) is 0 Å². The molecule has 0 spiro atoms. The van der Waals surface area contributed by atoms with Gasteiger partial charge in [-0.15, -0.1) is 0 Å². The summed E-state index contributed by atoms with van der Waals surface area (Å²) in [6.07, 6.45) is 8.18. The molecule has 3 heteroatoms. The van der Waals surface area contributed by atoms with E-state index < -0.39 is 0 Å². The minimum atomic E-state index is 0.460. The van der Waals surface area contributed by atoms with Gasteiger partial charge in [0, 0.05) is 30.7 Å². The molecule has 2 rings (SSSR count). The lowest BCUT2D eigenvalue weighted by molar-refractivity contribution is 0.0156. The molecule has 1 N–H and O–H groups in total. The zero-order valence-electron chi connectivity index (χ0n) is 12.7. The van der Waals surface area contributed by atoms with E-state index in [-0.39, 0.29) is 0 Å². The summed E-state index contributed by atoms with van der Waals surface area (Å²) in [6, 6.07) is 1.53. The van der Waals surface area contributed by atoms with E-state index in [1.54, 1.807) is 0 Å². The second-order valence-electron chi connectivity index (χ2n) is 6.63. The number of rotatable bonds is 8. The van der Waals surface area contributed by atoms with Gasteiger partial charge < -0.3 is 15.1 Å². The molecule has 3 nitrogen and oxygen atoms in total. The van der Waals surface area contributed by atoms with Gasteiger partial charge in [0.05, 0.1) is 0 Å². The predicted octanol–water partition coefficient (Wildman–Crippen LogP) is 1.93. The Labute approximate surface area is 113 Å². The van der Waals surface area contributed by atoms with Gasteiger partial charge in [0.1, 0.15) is 0 Å². The highest BCUT2D eigenvalue weighted by Gasteiger charge is 2.40. The van der Waals surface area contributed by atoms with Crippen LogP contribution < -0.4 is 5.32 Å². The lowest BCUT2D eigenvalue weighted by Gasteiger charge is -2.50. The van der Waals surface area contributed by atoms with Crippen LogP contribution >= 0.6 is 0 Å². The summed E-state index contributed by atoms with van der Waals surface area (Å²) < 4.78 is 0. The molecule has 0 amide bonds. The van der Waals surface area contributed by atoms with Gasteiger partial charge in [0.25, 0.3) is 0 Å². The second kappa shape index (κ2) is 5.89. The molecule has 0 aliphatic heterocycles. The number of nitrogens with zero attached hydrogens (tertiary/aromatic N) is 2. The summed E-state index contributed by atoms with van der Waals surface area (Å²) in [6.45, 7) is 4.71. The third-order valence-corrected chi connectivity index (χ3v) is 5.09. The smallest absolute Gasteiger partial charge is 0.0330 e. The fraction of sp³-hybridized carbons (Fsp3) is 1.00. The van der Waals surface area contributed by atoms with Crippen LogP contribution in [0, 0.1) is 0 Å². The van der Waals surface area contributed by atoms with Crippen molar-refractivity contribution in [2.24, 2.45) is 0 Å². The molecule has 0 heterocycles. The van der Waals surface area contributed by atoms with Gasteiger partial charge in [0.15, 0.2) is 0 Å². The van der Waals surface area contributed by atoms with Crippen LogP contribution in [-0.2, 0) is 0 Å². The first-order valence-electron chi connectivity index (χ1n) is 7.68. The second-order valence-corrected chi connectivity index (χ2v) is 6.63. The largest absolute Gasteiger partial charge is 0.312 e. The molecule has 0 bridgehead atoms. The Morgan fingerprint density at radius 2 is 1.89 bits per heavy atom. The first-order valence-corrected chi connectivity index (χ1v) is 7.68. The molecule has 106 valence electrons. The number of hydrogen-bond donors (Lipinski definition) is 1. The zero-order chi connectivity index (χ0) is 13.2. The fourth-order valence-corrected chi connectivity index (χ4v) is 3.13. The van der Waals surface area contributed by atoms with Gasteiger partial charge in [0.2, 0.25) is 0 Å². The van der Waals surface area contributed by atoms with E-state index in [1.165, 1.54) is 51.6 Å². The normalized spacial score (nSPS) is 24.3. The molecule has 0 aromatic heterocycles. The van der Waals surface area contributed by atoms with Crippen LogP contribution in [-0.4, -0.2) is 61.7 Å². The van der Waals surface area contributed by atoms with Gasteiger partial charge in [-0.25, -0.2) is 0 Å². The van der Waals surface area contributed by atoms with Gasteiger partial charge >= 0.3 is 0 Å². The minimum Gasteiger partial charge on any atom is -0.312 e. The fourth-order valence-electron chi connectivity index (χ4n) is 3.13. The molecular formula is C15H31N3. The van der Waals surface area contributed by atoms with Gasteiger partial charge in [-0.3, -0.25) is 0 Å². The van der Waals surface area contributed by atoms with Crippen molar-refractivity contribution in [3.8, 4) is 0 Å². The first kappa shape index (κ1) is 14.3. The van der Waals surface area contributed by atoms with Crippen LogP contribution in [0.4, 0.5) is 0 Å². The Balaban J connectivity index is 1.81. The molecule has 2 aliphatic carbocycles. The lowest BCUT2D eigenvalue weighted by Crippen LogP contribution is -2.58. The molecule has 2 aliphatic rings. The molecule has 0 saturated heterocycles. The van der Waals surface area contributed by atoms with Crippen LogP contribution in [0.2, 0.25) is 0 Å². The summed E-state index contributed by atoms with van der Waals surface area (Å²) in [4.78, 5) is 5.04. The van der Waals surface area contributed by atoms with Gasteiger partial charge in [-0.2, -0.15) is 0 Å². The van der Waals surface area contributed by atoms with E-state index in [0.29, 0.717) is 11.6 Å². The van der Waals surface area contributed by atoms with Gasteiger partial charge in [-0.1, -0.05) is 6.92 Å². The average Bonchev–Trinajstić information content (AvgIpc) is 3.07. The number of hydrogen-bond acceptors (Lipinski definition) is 3. The minimum absolute atomic E-state index is 0.460. The van der Waals surface area contributed by atoms with E-state index >= 15 is 0 Å². The van der Waals surface area contributed by atoms with E-state index in [0.717, 1.165) is 6.04 Å². The van der Waals surface area contributed by atoms with Crippen LogP contribution in [0.3, 0.4) is 0 Å². The quantitative estimate of drug-likeness (QED) is 0.713. The monoisotopic (exact) mass is 253 g/mol. The Morgan fingerprint density at radius 3 is 2.28 bits per heavy atom. The summed E-state index contributed by atoms with van der Waals surface area (Å²) in [5.74, 6) is 0. The predicted molar refractivity (Wildman–Crippen MR) is 78.0 cm³/mol. The molecule has 0 aromatic rings. The maximum Gasteiger partial charge on any atom is 0.0330 e. The van der Waals surface area contributed by atoms with Crippen molar-refractivity contribution in [1.82, 2.24) is 15.1 Å². The van der Waals surface area contributed by atoms with Crippen LogP contribution in [0.5, 0.6) is 0 Å². The highest BCUT2D eigenvalue weighted by atomic mass is 15.2. The van der Waals surface area contributed by atoms with Crippen molar-refractivity contribution >= 4 is 0 Å². The third kappa shape index (κ3) is 3.25. The highest BCUT2D eigenvalue weighted by Crippen LogP contribution is 2.37. The first-order chi connectivity index (χ1) is 8.57. The molecule has 0 aromatic carbocycles. The molecule has 2 fully saturated rings. The Kier molecular flexibility index (Phi) is 4.68. The SMILES string of the molecule is CCC(CNC1CC1)N(C)CC1(N(C)C)CCC1. The maximum absolute atomic E-state index is 3.68. The highest BCUT2D eigenvalue weighted by molar-refractivity contribution is 4.98. The maximum atomic E-state index is 3.68. The van der Waals surface area contributed by atoms with Crippen molar-refractivity contribution in [2.45, 2.75) is 63.1 Å². The Hall–Kier alpha value is -0.120. The van der Waals surface area contributed by atoms with Crippen molar-refractivity contribution < 1.29 is 0 Å². The van der Waals surface area contributed by atoms with E-state index in [4.69, 9.17) is 0 Å². The summed E-state index contributed by atoms with van der Waals surface area (Å²) in [5, 5.41) is 3.68. The van der Waals surface area contributed by atoms with Crippen LogP contribution in [0.1, 0.15) is 45.4 Å². The van der Waals surface area contributed by atoms with E-state index in [1.807, 2.05) is 0 Å². The molecule has 2 saturated carbocycles. The third-order valence-electron chi connectivity index (χ3n) is 5.09. The van der Waals surface area contributed by atoms with E-state index in [2.05, 4.69) is 43.2 Å². The van der Waals surface area contributed by atoms with Crippen LogP contribution in [0.15, 0.2) is 0 Å². The van der Waals surface area contributed by atoms with Crippen molar-refractivity contribution in [2.75, 3.05) is 34.2 Å². The number of nitrogens with one attached hydrogen (secondary N) is 1. The molecule has 1 unspecified atom stereocenters. The lowest BCUT2D eigenvalue weighted by atomic mass is 9.75. The molecule has 18 heavy (non-hydrogen) atoms. The molecule has 1 atom stereocenters. The molecule has 0 radical (unpaired) electrons.